The van der Waals surface area contributed by atoms with Gasteiger partial charge in [0, 0.05) is 6.42 Å². The number of hydrogen-bond donors (Lipinski definition) is 4. The maximum absolute atomic E-state index is 12.0. The first kappa shape index (κ1) is 25.4. The van der Waals surface area contributed by atoms with Gasteiger partial charge < -0.3 is 25.2 Å². The van der Waals surface area contributed by atoms with Gasteiger partial charge in [-0.25, -0.2) is 4.79 Å². The van der Waals surface area contributed by atoms with Gasteiger partial charge in [0.2, 0.25) is 5.76 Å². The molecule has 1 heterocycles. The number of carbonyl (C=O) groups is 2. The molecule has 0 saturated heterocycles. The lowest BCUT2D eigenvalue weighted by atomic mass is 9.98. The van der Waals surface area contributed by atoms with Gasteiger partial charge in [-0.1, -0.05) is 84.0 Å². The van der Waals surface area contributed by atoms with Gasteiger partial charge in [0.15, 0.2) is 17.6 Å². The van der Waals surface area contributed by atoms with Crippen LogP contribution in [0.15, 0.2) is 11.5 Å². The number of cyclic esters (lactones) is 1. The molecule has 0 amide bonds. The summed E-state index contributed by atoms with van der Waals surface area (Å²) in [4.78, 5) is 23.1. The Morgan fingerprint density at radius 3 is 1.72 bits per heavy atom. The molecule has 0 spiro atoms. The maximum atomic E-state index is 12.0. The Balaban J connectivity index is 2.04. The third-order valence-corrected chi connectivity index (χ3v) is 5.43. The average Bonchev–Trinajstić information content (AvgIpc) is 2.97. The molecule has 1 unspecified atom stereocenters. The lowest BCUT2D eigenvalue weighted by Gasteiger charge is -2.21. The number of aliphatic hydroxyl groups is 4. The largest absolute Gasteiger partial charge is 0.505 e. The van der Waals surface area contributed by atoms with Crippen molar-refractivity contribution in [3.63, 3.8) is 0 Å². The van der Waals surface area contributed by atoms with Crippen molar-refractivity contribution in [2.45, 2.75) is 115 Å². The molecule has 0 aromatic rings. The molecule has 4 N–H and O–H groups in total. The first-order valence-electron chi connectivity index (χ1n) is 11.1. The minimum absolute atomic E-state index is 0.104. The van der Waals surface area contributed by atoms with Gasteiger partial charge in [-0.2, -0.15) is 0 Å². The van der Waals surface area contributed by atoms with Crippen LogP contribution in [0.25, 0.3) is 0 Å². The van der Waals surface area contributed by atoms with Crippen LogP contribution in [0.2, 0.25) is 0 Å². The number of ketones is 1. The van der Waals surface area contributed by atoms with Gasteiger partial charge in [-0.15, -0.1) is 0 Å². The minimum atomic E-state index is -1.81. The number of rotatable bonds is 17. The van der Waals surface area contributed by atoms with Crippen molar-refractivity contribution < 1.29 is 34.8 Å². The molecule has 7 nitrogen and oxygen atoms in total. The van der Waals surface area contributed by atoms with Gasteiger partial charge in [0.1, 0.15) is 12.2 Å². The predicted octanol–water partition coefficient (Wildman–Crippen LogP) is 4.01. The second-order valence-electron chi connectivity index (χ2n) is 7.95. The van der Waals surface area contributed by atoms with Crippen LogP contribution in [0.1, 0.15) is 96.8 Å². The molecular formula is C22H38O7. The van der Waals surface area contributed by atoms with E-state index < -0.39 is 41.6 Å². The van der Waals surface area contributed by atoms with E-state index in [2.05, 4.69) is 11.7 Å². The van der Waals surface area contributed by atoms with E-state index in [-0.39, 0.29) is 6.42 Å². The van der Waals surface area contributed by atoms with Crippen molar-refractivity contribution in [1.82, 2.24) is 0 Å². The molecule has 1 aliphatic rings. The van der Waals surface area contributed by atoms with Crippen LogP contribution < -0.4 is 0 Å². The normalized spacial score (nSPS) is 18.7. The zero-order chi connectivity index (χ0) is 21.6. The van der Waals surface area contributed by atoms with Crippen LogP contribution in [0, 0.1) is 0 Å². The second kappa shape index (κ2) is 14.4. The Kier molecular flexibility index (Phi) is 12.6. The highest BCUT2D eigenvalue weighted by molar-refractivity contribution is 5.89. The molecule has 1 aliphatic heterocycles. The monoisotopic (exact) mass is 414 g/mol. The number of carbonyl (C=O) groups excluding carboxylic acids is 2. The molecule has 0 fully saturated rings. The quantitative estimate of drug-likeness (QED) is 0.209. The fraction of sp³-hybridized carbons (Fsp3) is 0.818. The van der Waals surface area contributed by atoms with Crippen LogP contribution in [0.4, 0.5) is 0 Å². The zero-order valence-corrected chi connectivity index (χ0v) is 17.6. The van der Waals surface area contributed by atoms with Crippen molar-refractivity contribution in [1.29, 1.82) is 0 Å². The molecule has 1 rings (SSSR count). The summed E-state index contributed by atoms with van der Waals surface area (Å²) in [6.45, 7) is 2.23. The number of ether oxygens (including phenoxy) is 1. The fourth-order valence-electron chi connectivity index (χ4n) is 3.52. The molecule has 0 aromatic carbocycles. The van der Waals surface area contributed by atoms with Crippen LogP contribution >= 0.6 is 0 Å². The van der Waals surface area contributed by atoms with E-state index in [1.54, 1.807) is 0 Å². The standard InChI is InChI=1S/C22H38O7/c1-2-3-4-5-6-7-8-9-10-11-12-13-14-15-16(23)17(24)18(25)21-19(26)20(27)22(28)29-21/h17-18,21,24-27H,2-15H2,1H3/t17?,18-,21+/m0/s1. The molecule has 168 valence electrons. The molecule has 7 heteroatoms. The molecule has 0 aliphatic carbocycles. The number of unbranched alkanes of at least 4 members (excludes halogenated alkanes) is 12. The first-order valence-corrected chi connectivity index (χ1v) is 11.1. The third kappa shape index (κ3) is 9.17. The molecule has 29 heavy (non-hydrogen) atoms. The second-order valence-corrected chi connectivity index (χ2v) is 7.95. The minimum Gasteiger partial charge on any atom is -0.505 e. The summed E-state index contributed by atoms with van der Waals surface area (Å²) in [5, 5.41) is 38.6. The van der Waals surface area contributed by atoms with E-state index >= 15 is 0 Å². The van der Waals surface area contributed by atoms with E-state index in [9.17, 15) is 30.0 Å². The lowest BCUT2D eigenvalue weighted by molar-refractivity contribution is -0.154. The molecule has 3 atom stereocenters. The fourth-order valence-corrected chi connectivity index (χ4v) is 3.52. The van der Waals surface area contributed by atoms with Gasteiger partial charge in [-0.3, -0.25) is 4.79 Å². The Morgan fingerprint density at radius 1 is 0.862 bits per heavy atom. The summed E-state index contributed by atoms with van der Waals surface area (Å²) in [5.74, 6) is -3.64. The van der Waals surface area contributed by atoms with E-state index in [0.717, 1.165) is 19.3 Å². The van der Waals surface area contributed by atoms with E-state index in [0.29, 0.717) is 6.42 Å². The van der Waals surface area contributed by atoms with Gasteiger partial charge in [-0.05, 0) is 6.42 Å². The summed E-state index contributed by atoms with van der Waals surface area (Å²) in [7, 11) is 0. The highest BCUT2D eigenvalue weighted by Crippen LogP contribution is 2.23. The number of hydrogen-bond acceptors (Lipinski definition) is 7. The molecule has 0 radical (unpaired) electrons. The topological polar surface area (TPSA) is 124 Å². The average molecular weight is 415 g/mol. The smallest absolute Gasteiger partial charge is 0.377 e. The Labute approximate surface area is 173 Å². The highest BCUT2D eigenvalue weighted by Gasteiger charge is 2.43. The maximum Gasteiger partial charge on any atom is 0.377 e. The van der Waals surface area contributed by atoms with Crippen LogP contribution in [-0.2, 0) is 14.3 Å². The SMILES string of the molecule is CCCCCCCCCCCCCCCC(=O)C(O)[C@H](O)[C@H]1OC(=O)C(O)=C1O. The van der Waals surface area contributed by atoms with Gasteiger partial charge in [0.05, 0.1) is 0 Å². The zero-order valence-electron chi connectivity index (χ0n) is 17.6. The summed E-state index contributed by atoms with van der Waals surface area (Å²) in [6, 6.07) is 0. The number of Topliss-reactive ketones (excluding diaryl/α,β-unsaturated/α-hetero) is 1. The van der Waals surface area contributed by atoms with Crippen molar-refractivity contribution in [3.8, 4) is 0 Å². The van der Waals surface area contributed by atoms with E-state index in [1.807, 2.05) is 0 Å². The van der Waals surface area contributed by atoms with E-state index in [1.165, 1.54) is 57.8 Å². The van der Waals surface area contributed by atoms with Crippen molar-refractivity contribution in [2.24, 2.45) is 0 Å². The summed E-state index contributed by atoms with van der Waals surface area (Å²) >= 11 is 0. The van der Waals surface area contributed by atoms with Crippen LogP contribution in [-0.4, -0.2) is 50.5 Å². The first-order chi connectivity index (χ1) is 13.9. The van der Waals surface area contributed by atoms with Gasteiger partial charge >= 0.3 is 5.97 Å². The van der Waals surface area contributed by atoms with Crippen LogP contribution in [0.5, 0.6) is 0 Å². The van der Waals surface area contributed by atoms with Crippen molar-refractivity contribution >= 4 is 11.8 Å². The third-order valence-electron chi connectivity index (χ3n) is 5.43. The summed E-state index contributed by atoms with van der Waals surface area (Å²) in [5.41, 5.74) is 0. The Morgan fingerprint density at radius 2 is 1.31 bits per heavy atom. The number of aliphatic hydroxyl groups excluding tert-OH is 4. The molecule has 0 bridgehead atoms. The molecule has 0 saturated carbocycles. The van der Waals surface area contributed by atoms with Gasteiger partial charge in [0.25, 0.3) is 0 Å². The lowest BCUT2D eigenvalue weighted by Crippen LogP contribution is -2.43. The predicted molar refractivity (Wildman–Crippen MR) is 109 cm³/mol. The van der Waals surface area contributed by atoms with Crippen molar-refractivity contribution in [2.75, 3.05) is 0 Å². The Bertz CT molecular complexity index is 529. The van der Waals surface area contributed by atoms with Crippen LogP contribution in [0.3, 0.4) is 0 Å². The van der Waals surface area contributed by atoms with Crippen molar-refractivity contribution in [3.05, 3.63) is 11.5 Å². The Hall–Kier alpha value is -1.60. The molecular weight excluding hydrogens is 376 g/mol. The summed E-state index contributed by atoms with van der Waals surface area (Å²) in [6.07, 6.45) is 10.3. The number of esters is 1. The summed E-state index contributed by atoms with van der Waals surface area (Å²) < 4.78 is 4.57. The highest BCUT2D eigenvalue weighted by atomic mass is 16.6. The molecule has 0 aromatic heterocycles. The van der Waals surface area contributed by atoms with E-state index in [4.69, 9.17) is 0 Å².